The van der Waals surface area contributed by atoms with Crippen LogP contribution in [-0.2, 0) is 13.1 Å². The van der Waals surface area contributed by atoms with E-state index in [0.717, 1.165) is 26.1 Å². The Morgan fingerprint density at radius 2 is 2.23 bits per heavy atom. The highest BCUT2D eigenvalue weighted by molar-refractivity contribution is 5.15. The lowest BCUT2D eigenvalue weighted by molar-refractivity contribution is 0.585. The van der Waals surface area contributed by atoms with Gasteiger partial charge in [-0.1, -0.05) is 13.8 Å². The summed E-state index contributed by atoms with van der Waals surface area (Å²) >= 11 is 0. The van der Waals surface area contributed by atoms with Gasteiger partial charge in [0.25, 0.3) is 0 Å². The van der Waals surface area contributed by atoms with Crippen molar-refractivity contribution in [2.45, 2.75) is 40.3 Å². The zero-order chi connectivity index (χ0) is 9.68. The molecule has 0 amide bonds. The van der Waals surface area contributed by atoms with E-state index < -0.39 is 0 Å². The number of nitrogens with zero attached hydrogens (tertiary/aromatic N) is 2. The molecule has 0 saturated carbocycles. The first-order valence-corrected chi connectivity index (χ1v) is 5.01. The molecule has 0 aliphatic carbocycles. The van der Waals surface area contributed by atoms with E-state index in [2.05, 4.69) is 35.9 Å². The largest absolute Gasteiger partial charge is 0.313 e. The average Bonchev–Trinajstić information content (AvgIpc) is 2.46. The summed E-state index contributed by atoms with van der Waals surface area (Å²) in [6, 6.07) is 0. The van der Waals surface area contributed by atoms with Gasteiger partial charge >= 0.3 is 0 Å². The van der Waals surface area contributed by atoms with Gasteiger partial charge in [-0.05, 0) is 19.9 Å². The Labute approximate surface area is 80.1 Å². The molecule has 0 radical (unpaired) electrons. The lowest BCUT2D eigenvalue weighted by Gasteiger charge is -2.03. The van der Waals surface area contributed by atoms with E-state index >= 15 is 0 Å². The van der Waals surface area contributed by atoms with Gasteiger partial charge in [-0.3, -0.25) is 4.68 Å². The molecule has 74 valence electrons. The third kappa shape index (κ3) is 2.56. The SMILES string of the molecule is CCCn1ncc(CNCC)c1C. The van der Waals surface area contributed by atoms with Gasteiger partial charge in [0.2, 0.25) is 0 Å². The Morgan fingerprint density at radius 3 is 2.85 bits per heavy atom. The van der Waals surface area contributed by atoms with Crippen LogP contribution in [0.1, 0.15) is 31.5 Å². The molecule has 1 N–H and O–H groups in total. The lowest BCUT2D eigenvalue weighted by Crippen LogP contribution is -2.12. The second kappa shape index (κ2) is 5.02. The third-order valence-electron chi connectivity index (χ3n) is 2.21. The molecule has 0 aliphatic heterocycles. The summed E-state index contributed by atoms with van der Waals surface area (Å²) in [4.78, 5) is 0. The lowest BCUT2D eigenvalue weighted by atomic mass is 10.2. The van der Waals surface area contributed by atoms with Crippen molar-refractivity contribution in [2.24, 2.45) is 0 Å². The monoisotopic (exact) mass is 181 g/mol. The summed E-state index contributed by atoms with van der Waals surface area (Å²) in [7, 11) is 0. The number of aromatic nitrogens is 2. The number of aryl methyl sites for hydroxylation is 1. The fraction of sp³-hybridized carbons (Fsp3) is 0.700. The third-order valence-corrected chi connectivity index (χ3v) is 2.21. The Balaban J connectivity index is 2.62. The second-order valence-corrected chi connectivity index (χ2v) is 3.26. The smallest absolute Gasteiger partial charge is 0.0537 e. The molecule has 0 aromatic carbocycles. The predicted molar refractivity (Wildman–Crippen MR) is 54.6 cm³/mol. The molecular formula is C10H19N3. The fourth-order valence-electron chi connectivity index (χ4n) is 1.36. The van der Waals surface area contributed by atoms with Crippen molar-refractivity contribution < 1.29 is 0 Å². The second-order valence-electron chi connectivity index (χ2n) is 3.26. The van der Waals surface area contributed by atoms with Gasteiger partial charge < -0.3 is 5.32 Å². The van der Waals surface area contributed by atoms with Gasteiger partial charge in [0.1, 0.15) is 0 Å². The van der Waals surface area contributed by atoms with Gasteiger partial charge in [-0.2, -0.15) is 5.10 Å². The maximum absolute atomic E-state index is 4.34. The molecule has 0 aliphatic rings. The normalized spacial score (nSPS) is 10.7. The van der Waals surface area contributed by atoms with Crippen molar-refractivity contribution in [3.8, 4) is 0 Å². The van der Waals surface area contributed by atoms with E-state index in [1.54, 1.807) is 0 Å². The average molecular weight is 181 g/mol. The van der Waals surface area contributed by atoms with Crippen LogP contribution < -0.4 is 5.32 Å². The van der Waals surface area contributed by atoms with E-state index in [-0.39, 0.29) is 0 Å². The maximum atomic E-state index is 4.34. The van der Waals surface area contributed by atoms with Crippen LogP contribution in [0.15, 0.2) is 6.20 Å². The first-order chi connectivity index (χ1) is 6.29. The van der Waals surface area contributed by atoms with Gasteiger partial charge in [-0.15, -0.1) is 0 Å². The van der Waals surface area contributed by atoms with Gasteiger partial charge in [-0.25, -0.2) is 0 Å². The summed E-state index contributed by atoms with van der Waals surface area (Å²) in [5.41, 5.74) is 2.61. The van der Waals surface area contributed by atoms with Crippen LogP contribution in [0.2, 0.25) is 0 Å². The van der Waals surface area contributed by atoms with Gasteiger partial charge in [0.05, 0.1) is 6.20 Å². The Kier molecular flexibility index (Phi) is 3.96. The summed E-state index contributed by atoms with van der Waals surface area (Å²) in [6.45, 7) is 9.40. The van der Waals surface area contributed by atoms with Crippen molar-refractivity contribution in [3.05, 3.63) is 17.5 Å². The minimum atomic E-state index is 0.937. The molecule has 1 rings (SSSR count). The molecule has 1 heterocycles. The Hall–Kier alpha value is -0.830. The first kappa shape index (κ1) is 10.3. The predicted octanol–water partition coefficient (Wildman–Crippen LogP) is 1.71. The van der Waals surface area contributed by atoms with Gasteiger partial charge in [0.15, 0.2) is 0 Å². The van der Waals surface area contributed by atoms with Crippen molar-refractivity contribution in [1.82, 2.24) is 15.1 Å². The molecule has 0 unspecified atom stereocenters. The van der Waals surface area contributed by atoms with Crippen LogP contribution >= 0.6 is 0 Å². The van der Waals surface area contributed by atoms with Crippen LogP contribution in [0.4, 0.5) is 0 Å². The number of rotatable bonds is 5. The summed E-state index contributed by atoms with van der Waals surface area (Å²) in [6.07, 6.45) is 3.11. The van der Waals surface area contributed by atoms with Crippen LogP contribution in [-0.4, -0.2) is 16.3 Å². The minimum Gasteiger partial charge on any atom is -0.313 e. The molecule has 0 bridgehead atoms. The number of hydrogen-bond donors (Lipinski definition) is 1. The molecule has 0 saturated heterocycles. The Morgan fingerprint density at radius 1 is 1.46 bits per heavy atom. The van der Waals surface area contributed by atoms with E-state index in [1.165, 1.54) is 11.3 Å². The molecule has 3 heteroatoms. The molecular weight excluding hydrogens is 162 g/mol. The minimum absolute atomic E-state index is 0.937. The number of nitrogens with one attached hydrogen (secondary N) is 1. The summed E-state index contributed by atoms with van der Waals surface area (Å²) < 4.78 is 2.08. The molecule has 0 atom stereocenters. The van der Waals surface area contributed by atoms with Crippen molar-refractivity contribution in [1.29, 1.82) is 0 Å². The highest BCUT2D eigenvalue weighted by Crippen LogP contribution is 2.06. The van der Waals surface area contributed by atoms with Crippen LogP contribution in [0.5, 0.6) is 0 Å². The van der Waals surface area contributed by atoms with E-state index in [4.69, 9.17) is 0 Å². The van der Waals surface area contributed by atoms with Crippen LogP contribution in [0, 0.1) is 6.92 Å². The van der Waals surface area contributed by atoms with Crippen LogP contribution in [0.25, 0.3) is 0 Å². The standard InChI is InChI=1S/C10H19N3/c1-4-6-13-9(3)10(8-12-13)7-11-5-2/h8,11H,4-7H2,1-3H3. The first-order valence-electron chi connectivity index (χ1n) is 5.01. The van der Waals surface area contributed by atoms with Crippen molar-refractivity contribution in [3.63, 3.8) is 0 Å². The maximum Gasteiger partial charge on any atom is 0.0537 e. The van der Waals surface area contributed by atoms with Gasteiger partial charge in [0, 0.05) is 24.3 Å². The molecule has 3 nitrogen and oxygen atoms in total. The molecule has 13 heavy (non-hydrogen) atoms. The van der Waals surface area contributed by atoms with E-state index in [1.807, 2.05) is 6.20 Å². The molecule has 0 spiro atoms. The molecule has 0 fully saturated rings. The molecule has 1 aromatic heterocycles. The fourth-order valence-corrected chi connectivity index (χ4v) is 1.36. The van der Waals surface area contributed by atoms with Crippen molar-refractivity contribution in [2.75, 3.05) is 6.54 Å². The zero-order valence-electron chi connectivity index (χ0n) is 8.80. The van der Waals surface area contributed by atoms with E-state index in [0.29, 0.717) is 0 Å². The topological polar surface area (TPSA) is 29.9 Å². The number of hydrogen-bond acceptors (Lipinski definition) is 2. The Bertz CT molecular complexity index is 253. The highest BCUT2D eigenvalue weighted by atomic mass is 15.3. The van der Waals surface area contributed by atoms with E-state index in [9.17, 15) is 0 Å². The molecule has 1 aromatic rings. The zero-order valence-corrected chi connectivity index (χ0v) is 8.80. The summed E-state index contributed by atoms with van der Waals surface area (Å²) in [5.74, 6) is 0. The summed E-state index contributed by atoms with van der Waals surface area (Å²) in [5, 5.41) is 7.64. The van der Waals surface area contributed by atoms with Crippen molar-refractivity contribution >= 4 is 0 Å². The quantitative estimate of drug-likeness (QED) is 0.749. The van der Waals surface area contributed by atoms with Crippen LogP contribution in [0.3, 0.4) is 0 Å². The highest BCUT2D eigenvalue weighted by Gasteiger charge is 2.03.